The van der Waals surface area contributed by atoms with Crippen LogP contribution in [0.4, 0.5) is 0 Å². The van der Waals surface area contributed by atoms with E-state index in [0.29, 0.717) is 0 Å². The van der Waals surface area contributed by atoms with Crippen LogP contribution in [-0.4, -0.2) is 11.9 Å². The highest BCUT2D eigenvalue weighted by Gasteiger charge is 2.41. The van der Waals surface area contributed by atoms with Crippen molar-refractivity contribution in [1.29, 1.82) is 0 Å². The van der Waals surface area contributed by atoms with E-state index in [0.717, 1.165) is 32.1 Å². The summed E-state index contributed by atoms with van der Waals surface area (Å²) in [5.41, 5.74) is 2.79. The van der Waals surface area contributed by atoms with Gasteiger partial charge in [0.2, 0.25) is 6.41 Å². The summed E-state index contributed by atoms with van der Waals surface area (Å²) in [6.07, 6.45) is 5.23. The Morgan fingerprint density at radius 1 is 1.33 bits per heavy atom. The van der Waals surface area contributed by atoms with Crippen molar-refractivity contribution in [3.63, 3.8) is 0 Å². The maximum atomic E-state index is 10.4. The monoisotopic (exact) mass is 203 g/mol. The molecule has 1 aromatic rings. The van der Waals surface area contributed by atoms with Crippen molar-refractivity contribution in [1.82, 2.24) is 5.32 Å². The Balaban J connectivity index is 1.88. The molecule has 1 aromatic carbocycles. The largest absolute Gasteiger partial charge is 0.353 e. The molecule has 80 valence electrons. The summed E-state index contributed by atoms with van der Waals surface area (Å²) in [6.45, 7) is 2.10. The molecule has 0 aromatic heterocycles. The van der Waals surface area contributed by atoms with Crippen LogP contribution in [-0.2, 0) is 11.2 Å². The van der Waals surface area contributed by atoms with Gasteiger partial charge in [0.25, 0.3) is 0 Å². The van der Waals surface area contributed by atoms with E-state index in [2.05, 4.69) is 36.5 Å². The summed E-state index contributed by atoms with van der Waals surface area (Å²) in [4.78, 5) is 10.4. The summed E-state index contributed by atoms with van der Waals surface area (Å²) < 4.78 is 0. The summed E-state index contributed by atoms with van der Waals surface area (Å²) >= 11 is 0. The first-order valence-electron chi connectivity index (χ1n) is 5.51. The highest BCUT2D eigenvalue weighted by molar-refractivity contribution is 5.49. The summed E-state index contributed by atoms with van der Waals surface area (Å²) in [5, 5.41) is 2.93. The molecule has 2 rings (SSSR count). The van der Waals surface area contributed by atoms with E-state index < -0.39 is 0 Å². The van der Waals surface area contributed by atoms with Crippen LogP contribution in [0.3, 0.4) is 0 Å². The van der Waals surface area contributed by atoms with Crippen LogP contribution >= 0.6 is 0 Å². The van der Waals surface area contributed by atoms with E-state index in [1.54, 1.807) is 0 Å². The molecule has 0 saturated heterocycles. The first kappa shape index (κ1) is 10.2. The summed E-state index contributed by atoms with van der Waals surface area (Å²) in [6, 6.07) is 8.63. The van der Waals surface area contributed by atoms with Gasteiger partial charge in [-0.25, -0.2) is 0 Å². The van der Waals surface area contributed by atoms with Gasteiger partial charge < -0.3 is 5.32 Å². The van der Waals surface area contributed by atoms with Crippen LogP contribution in [0.15, 0.2) is 24.3 Å². The van der Waals surface area contributed by atoms with Crippen molar-refractivity contribution in [2.24, 2.45) is 0 Å². The molecule has 1 N–H and O–H groups in total. The number of hydrogen-bond donors (Lipinski definition) is 1. The number of carbonyl (C=O) groups is 1. The molecule has 0 heterocycles. The fourth-order valence-electron chi connectivity index (χ4n) is 1.88. The van der Waals surface area contributed by atoms with Crippen molar-refractivity contribution < 1.29 is 4.79 Å². The van der Waals surface area contributed by atoms with Gasteiger partial charge in [-0.15, -0.1) is 0 Å². The minimum atomic E-state index is 0.132. The first-order chi connectivity index (χ1) is 7.24. The maximum Gasteiger partial charge on any atom is 0.207 e. The fraction of sp³-hybridized carbons (Fsp3) is 0.462. The molecule has 2 heteroatoms. The zero-order valence-corrected chi connectivity index (χ0v) is 9.12. The highest BCUT2D eigenvalue weighted by Crippen LogP contribution is 2.39. The fourth-order valence-corrected chi connectivity index (χ4v) is 1.88. The molecule has 1 aliphatic rings. The molecule has 2 nitrogen and oxygen atoms in total. The average Bonchev–Trinajstić information content (AvgIpc) is 2.99. The molecule has 0 spiro atoms. The lowest BCUT2D eigenvalue weighted by atomic mass is 10.0. The highest BCUT2D eigenvalue weighted by atomic mass is 16.1. The molecule has 0 unspecified atom stereocenters. The van der Waals surface area contributed by atoms with Gasteiger partial charge in [-0.1, -0.05) is 29.8 Å². The molecule has 1 amide bonds. The van der Waals surface area contributed by atoms with Crippen LogP contribution in [0, 0.1) is 6.92 Å². The molecule has 0 radical (unpaired) electrons. The van der Waals surface area contributed by atoms with Crippen LogP contribution in [0.1, 0.15) is 30.4 Å². The molecule has 1 fully saturated rings. The van der Waals surface area contributed by atoms with E-state index >= 15 is 0 Å². The van der Waals surface area contributed by atoms with Crippen LogP contribution < -0.4 is 5.32 Å². The lowest BCUT2D eigenvalue weighted by molar-refractivity contribution is -0.110. The molecule has 0 aliphatic heterocycles. The first-order valence-corrected chi connectivity index (χ1v) is 5.51. The molecule has 0 atom stereocenters. The van der Waals surface area contributed by atoms with Crippen LogP contribution in [0.2, 0.25) is 0 Å². The van der Waals surface area contributed by atoms with Crippen molar-refractivity contribution in [2.45, 2.75) is 38.1 Å². The Morgan fingerprint density at radius 2 is 2.00 bits per heavy atom. The Bertz CT molecular complexity index is 338. The van der Waals surface area contributed by atoms with Gasteiger partial charge in [0.1, 0.15) is 0 Å². The van der Waals surface area contributed by atoms with E-state index in [1.807, 2.05) is 0 Å². The molecule has 1 saturated carbocycles. The normalized spacial score (nSPS) is 17.1. The zero-order valence-electron chi connectivity index (χ0n) is 9.12. The molecule has 1 aliphatic carbocycles. The predicted octanol–water partition coefficient (Wildman–Crippen LogP) is 2.21. The lowest BCUT2D eigenvalue weighted by Crippen LogP contribution is -2.30. The van der Waals surface area contributed by atoms with E-state index in [1.165, 1.54) is 11.1 Å². The number of carbonyl (C=O) groups excluding carboxylic acids is 1. The third kappa shape index (κ3) is 2.58. The standard InChI is InChI=1S/C13H17NO/c1-11-2-4-12(5-3-11)6-7-13(8-9-13)14-10-15/h2-5,10H,6-9H2,1H3,(H,14,15). The van der Waals surface area contributed by atoms with Crippen LogP contribution in [0.5, 0.6) is 0 Å². The Kier molecular flexibility index (Phi) is 2.76. The number of benzene rings is 1. The number of aryl methyl sites for hydroxylation is 2. The second-order valence-corrected chi connectivity index (χ2v) is 4.53. The number of amides is 1. The Labute approximate surface area is 90.7 Å². The van der Waals surface area contributed by atoms with Crippen molar-refractivity contribution >= 4 is 6.41 Å². The minimum Gasteiger partial charge on any atom is -0.353 e. The van der Waals surface area contributed by atoms with Crippen molar-refractivity contribution in [3.05, 3.63) is 35.4 Å². The molecule has 0 bridgehead atoms. The second-order valence-electron chi connectivity index (χ2n) is 4.53. The molecular weight excluding hydrogens is 186 g/mol. The van der Waals surface area contributed by atoms with Gasteiger partial charge in [0.05, 0.1) is 0 Å². The van der Waals surface area contributed by atoms with Crippen LogP contribution in [0.25, 0.3) is 0 Å². The van der Waals surface area contributed by atoms with Gasteiger partial charge in [-0.3, -0.25) is 4.79 Å². The van der Waals surface area contributed by atoms with Gasteiger partial charge in [0, 0.05) is 5.54 Å². The predicted molar refractivity (Wildman–Crippen MR) is 60.7 cm³/mol. The summed E-state index contributed by atoms with van der Waals surface area (Å²) in [5.74, 6) is 0. The average molecular weight is 203 g/mol. The zero-order chi connectivity index (χ0) is 10.7. The maximum absolute atomic E-state index is 10.4. The van der Waals surface area contributed by atoms with Gasteiger partial charge >= 0.3 is 0 Å². The smallest absolute Gasteiger partial charge is 0.207 e. The third-order valence-corrected chi connectivity index (χ3v) is 3.23. The molecule has 15 heavy (non-hydrogen) atoms. The number of nitrogens with one attached hydrogen (secondary N) is 1. The van der Waals surface area contributed by atoms with Gasteiger partial charge in [-0.2, -0.15) is 0 Å². The summed E-state index contributed by atoms with van der Waals surface area (Å²) in [7, 11) is 0. The lowest BCUT2D eigenvalue weighted by Gasteiger charge is -2.13. The second kappa shape index (κ2) is 4.05. The number of rotatable bonds is 5. The van der Waals surface area contributed by atoms with Gasteiger partial charge in [0.15, 0.2) is 0 Å². The Morgan fingerprint density at radius 3 is 2.53 bits per heavy atom. The van der Waals surface area contributed by atoms with E-state index in [-0.39, 0.29) is 5.54 Å². The van der Waals surface area contributed by atoms with E-state index in [9.17, 15) is 4.79 Å². The van der Waals surface area contributed by atoms with Gasteiger partial charge in [-0.05, 0) is 38.2 Å². The minimum absolute atomic E-state index is 0.132. The Hall–Kier alpha value is -1.31. The van der Waals surface area contributed by atoms with E-state index in [4.69, 9.17) is 0 Å². The SMILES string of the molecule is Cc1ccc(CCC2(NC=O)CC2)cc1. The third-order valence-electron chi connectivity index (χ3n) is 3.23. The number of hydrogen-bond acceptors (Lipinski definition) is 1. The molecular formula is C13H17NO. The van der Waals surface area contributed by atoms with Crippen molar-refractivity contribution in [2.75, 3.05) is 0 Å². The van der Waals surface area contributed by atoms with Crippen molar-refractivity contribution in [3.8, 4) is 0 Å². The topological polar surface area (TPSA) is 29.1 Å². The quantitative estimate of drug-likeness (QED) is 0.730.